The van der Waals surface area contributed by atoms with Gasteiger partial charge in [0.1, 0.15) is 5.82 Å². The molecule has 0 amide bonds. The SMILES string of the molecule is c1ccc(CCNc2nccc3sccc23)cc1. The lowest BCUT2D eigenvalue weighted by Crippen LogP contribution is -2.06. The molecule has 0 saturated heterocycles. The van der Waals surface area contributed by atoms with E-state index in [1.807, 2.05) is 12.3 Å². The second-order valence-corrected chi connectivity index (χ2v) is 5.10. The molecule has 0 atom stereocenters. The third-order valence-corrected chi connectivity index (χ3v) is 3.81. The highest BCUT2D eigenvalue weighted by Crippen LogP contribution is 2.25. The van der Waals surface area contributed by atoms with Crippen molar-refractivity contribution < 1.29 is 0 Å². The lowest BCUT2D eigenvalue weighted by Gasteiger charge is -2.06. The van der Waals surface area contributed by atoms with Crippen molar-refractivity contribution in [3.63, 3.8) is 0 Å². The van der Waals surface area contributed by atoms with Crippen molar-refractivity contribution in [2.24, 2.45) is 0 Å². The maximum Gasteiger partial charge on any atom is 0.134 e. The molecule has 2 heterocycles. The van der Waals surface area contributed by atoms with Gasteiger partial charge in [0.25, 0.3) is 0 Å². The first-order chi connectivity index (χ1) is 8.93. The van der Waals surface area contributed by atoms with E-state index < -0.39 is 0 Å². The van der Waals surface area contributed by atoms with Crippen LogP contribution in [-0.4, -0.2) is 11.5 Å². The Labute approximate surface area is 110 Å². The third-order valence-electron chi connectivity index (χ3n) is 2.93. The van der Waals surface area contributed by atoms with Crippen molar-refractivity contribution in [3.05, 3.63) is 59.6 Å². The summed E-state index contributed by atoms with van der Waals surface area (Å²) >= 11 is 1.75. The van der Waals surface area contributed by atoms with Crippen LogP contribution < -0.4 is 5.32 Å². The van der Waals surface area contributed by atoms with E-state index in [1.54, 1.807) is 11.3 Å². The molecule has 1 aromatic carbocycles. The van der Waals surface area contributed by atoms with Gasteiger partial charge in [0.05, 0.1) is 0 Å². The monoisotopic (exact) mass is 254 g/mol. The summed E-state index contributed by atoms with van der Waals surface area (Å²) in [6.07, 6.45) is 2.88. The highest BCUT2D eigenvalue weighted by atomic mass is 32.1. The maximum atomic E-state index is 4.41. The lowest BCUT2D eigenvalue weighted by molar-refractivity contribution is 1.01. The topological polar surface area (TPSA) is 24.9 Å². The van der Waals surface area contributed by atoms with E-state index in [0.29, 0.717) is 0 Å². The van der Waals surface area contributed by atoms with E-state index in [2.05, 4.69) is 52.1 Å². The van der Waals surface area contributed by atoms with E-state index in [4.69, 9.17) is 0 Å². The molecule has 18 heavy (non-hydrogen) atoms. The smallest absolute Gasteiger partial charge is 0.134 e. The Hall–Kier alpha value is -1.87. The van der Waals surface area contributed by atoms with Gasteiger partial charge in [-0.05, 0) is 29.5 Å². The van der Waals surface area contributed by atoms with E-state index in [1.165, 1.54) is 15.6 Å². The van der Waals surface area contributed by atoms with Crippen molar-refractivity contribution in [2.45, 2.75) is 6.42 Å². The number of nitrogens with zero attached hydrogens (tertiary/aromatic N) is 1. The van der Waals surface area contributed by atoms with Gasteiger partial charge < -0.3 is 5.32 Å². The summed E-state index contributed by atoms with van der Waals surface area (Å²) in [6, 6.07) is 14.7. The summed E-state index contributed by atoms with van der Waals surface area (Å²) in [5.41, 5.74) is 1.35. The number of rotatable bonds is 4. The molecule has 3 aromatic rings. The fraction of sp³-hybridized carbons (Fsp3) is 0.133. The lowest BCUT2D eigenvalue weighted by atomic mass is 10.1. The standard InChI is InChI=1S/C15H14N2S/c1-2-4-12(5-3-1)6-9-16-15-13-8-11-18-14(13)7-10-17-15/h1-5,7-8,10-11H,6,9H2,(H,16,17). The Bertz CT molecular complexity index is 631. The minimum Gasteiger partial charge on any atom is -0.369 e. The zero-order valence-corrected chi connectivity index (χ0v) is 10.8. The molecule has 0 saturated carbocycles. The maximum absolute atomic E-state index is 4.41. The molecule has 3 rings (SSSR count). The molecule has 0 radical (unpaired) electrons. The second-order valence-electron chi connectivity index (χ2n) is 4.15. The van der Waals surface area contributed by atoms with E-state index >= 15 is 0 Å². The van der Waals surface area contributed by atoms with Gasteiger partial charge >= 0.3 is 0 Å². The molecular formula is C15H14N2S. The van der Waals surface area contributed by atoms with Crippen molar-refractivity contribution in [3.8, 4) is 0 Å². The van der Waals surface area contributed by atoms with Crippen LogP contribution in [0.2, 0.25) is 0 Å². The van der Waals surface area contributed by atoms with Gasteiger partial charge in [0.15, 0.2) is 0 Å². The van der Waals surface area contributed by atoms with Crippen LogP contribution in [0.1, 0.15) is 5.56 Å². The first kappa shape index (κ1) is 11.2. The van der Waals surface area contributed by atoms with Crippen molar-refractivity contribution >= 4 is 27.2 Å². The van der Waals surface area contributed by atoms with Crippen molar-refractivity contribution in [2.75, 3.05) is 11.9 Å². The minimum atomic E-state index is 0.909. The van der Waals surface area contributed by atoms with E-state index in [9.17, 15) is 0 Å². The zero-order chi connectivity index (χ0) is 12.2. The third kappa shape index (κ3) is 2.36. The second kappa shape index (κ2) is 5.19. The van der Waals surface area contributed by atoms with Gasteiger partial charge in [0, 0.05) is 22.8 Å². The molecule has 0 aliphatic carbocycles. The number of benzene rings is 1. The number of nitrogens with one attached hydrogen (secondary N) is 1. The summed E-state index contributed by atoms with van der Waals surface area (Å²) in [5.74, 6) is 0.990. The van der Waals surface area contributed by atoms with Crippen LogP contribution >= 0.6 is 11.3 Å². The predicted molar refractivity (Wildman–Crippen MR) is 78.3 cm³/mol. The van der Waals surface area contributed by atoms with Gasteiger partial charge in [-0.1, -0.05) is 30.3 Å². The number of anilines is 1. The average Bonchev–Trinajstić information content (AvgIpc) is 2.89. The Morgan fingerprint density at radius 3 is 2.83 bits per heavy atom. The summed E-state index contributed by atoms with van der Waals surface area (Å²) in [6.45, 7) is 0.909. The highest BCUT2D eigenvalue weighted by Gasteiger charge is 2.02. The van der Waals surface area contributed by atoms with Crippen LogP contribution in [0.3, 0.4) is 0 Å². The van der Waals surface area contributed by atoms with E-state index in [0.717, 1.165) is 18.8 Å². The molecule has 0 spiro atoms. The van der Waals surface area contributed by atoms with Crippen molar-refractivity contribution in [1.82, 2.24) is 4.98 Å². The fourth-order valence-corrected chi connectivity index (χ4v) is 2.79. The van der Waals surface area contributed by atoms with Crippen LogP contribution in [0.4, 0.5) is 5.82 Å². The van der Waals surface area contributed by atoms with Crippen LogP contribution in [0.15, 0.2) is 54.0 Å². The number of pyridine rings is 1. The first-order valence-corrected chi connectivity index (χ1v) is 6.91. The number of hydrogen-bond donors (Lipinski definition) is 1. The van der Waals surface area contributed by atoms with Gasteiger partial charge in [-0.25, -0.2) is 4.98 Å². The van der Waals surface area contributed by atoms with Gasteiger partial charge in [-0.15, -0.1) is 11.3 Å². The van der Waals surface area contributed by atoms with Gasteiger partial charge in [-0.2, -0.15) is 0 Å². The molecule has 2 nitrogen and oxygen atoms in total. The molecule has 90 valence electrons. The van der Waals surface area contributed by atoms with Gasteiger partial charge in [-0.3, -0.25) is 0 Å². The molecule has 1 N–H and O–H groups in total. The molecule has 0 bridgehead atoms. The zero-order valence-electron chi connectivity index (χ0n) is 9.97. The first-order valence-electron chi connectivity index (χ1n) is 6.03. The molecule has 0 aliphatic heterocycles. The fourth-order valence-electron chi connectivity index (χ4n) is 2.01. The largest absolute Gasteiger partial charge is 0.369 e. The number of fused-ring (bicyclic) bond motifs is 1. The highest BCUT2D eigenvalue weighted by molar-refractivity contribution is 7.17. The molecular weight excluding hydrogens is 240 g/mol. The molecule has 2 aromatic heterocycles. The van der Waals surface area contributed by atoms with E-state index in [-0.39, 0.29) is 0 Å². The Morgan fingerprint density at radius 2 is 1.94 bits per heavy atom. The quantitative estimate of drug-likeness (QED) is 0.762. The van der Waals surface area contributed by atoms with Gasteiger partial charge in [0.2, 0.25) is 0 Å². The molecule has 3 heteroatoms. The summed E-state index contributed by atoms with van der Waals surface area (Å²) in [4.78, 5) is 4.41. The van der Waals surface area contributed by atoms with Crippen LogP contribution in [-0.2, 0) is 6.42 Å². The average molecular weight is 254 g/mol. The Balaban J connectivity index is 1.68. The minimum absolute atomic E-state index is 0.909. The molecule has 0 fully saturated rings. The molecule has 0 unspecified atom stereocenters. The van der Waals surface area contributed by atoms with Crippen LogP contribution in [0.25, 0.3) is 10.1 Å². The number of hydrogen-bond acceptors (Lipinski definition) is 3. The Kier molecular flexibility index (Phi) is 3.24. The summed E-state index contributed by atoms with van der Waals surface area (Å²) in [7, 11) is 0. The number of thiophene rings is 1. The molecule has 0 aliphatic rings. The Morgan fingerprint density at radius 1 is 1.06 bits per heavy atom. The normalized spacial score (nSPS) is 10.7. The van der Waals surface area contributed by atoms with Crippen LogP contribution in [0.5, 0.6) is 0 Å². The van der Waals surface area contributed by atoms with Crippen LogP contribution in [0, 0.1) is 0 Å². The summed E-state index contributed by atoms with van der Waals surface area (Å²) < 4.78 is 1.28. The van der Waals surface area contributed by atoms with Crippen molar-refractivity contribution in [1.29, 1.82) is 0 Å². The number of aromatic nitrogens is 1. The summed E-state index contributed by atoms with van der Waals surface area (Å²) in [5, 5.41) is 6.74. The predicted octanol–water partition coefficient (Wildman–Crippen LogP) is 3.95.